The van der Waals surface area contributed by atoms with Crippen molar-refractivity contribution in [2.75, 3.05) is 0 Å². The molecule has 1 aliphatic rings. The van der Waals surface area contributed by atoms with E-state index in [-0.39, 0.29) is 5.91 Å². The Labute approximate surface area is 103 Å². The van der Waals surface area contributed by atoms with E-state index in [9.17, 15) is 4.79 Å². The quantitative estimate of drug-likeness (QED) is 0.838. The van der Waals surface area contributed by atoms with Gasteiger partial charge >= 0.3 is 0 Å². The zero-order valence-corrected chi connectivity index (χ0v) is 10.7. The van der Waals surface area contributed by atoms with Crippen molar-refractivity contribution in [1.29, 1.82) is 0 Å². The Morgan fingerprint density at radius 2 is 2.31 bits per heavy atom. The Morgan fingerprint density at radius 3 is 2.94 bits per heavy atom. The number of hydrogen-bond acceptors (Lipinski definition) is 2. The molecule has 1 amide bonds. The number of amides is 1. The Morgan fingerprint density at radius 1 is 1.50 bits per heavy atom. The normalized spacial score (nSPS) is 15.5. The monoisotopic (exact) mass is 280 g/mol. The summed E-state index contributed by atoms with van der Waals surface area (Å²) in [5, 5.41) is 5.85. The second-order valence-corrected chi connectivity index (χ2v) is 4.69. The van der Waals surface area contributed by atoms with Gasteiger partial charge in [-0.05, 0) is 24.1 Å². The van der Waals surface area contributed by atoms with Crippen LogP contribution in [0.25, 0.3) is 0 Å². The summed E-state index contributed by atoms with van der Waals surface area (Å²) in [4.78, 5) is 11.6. The minimum Gasteiger partial charge on any atom is -0.273 e. The number of carbonyl (C=O) groups excluding carboxylic acids is 1. The van der Waals surface area contributed by atoms with Gasteiger partial charge in [0.05, 0.1) is 13.0 Å². The SMILES string of the molecule is CCC1=NN(Cc2cccc(Br)c2)C(=O)C1. The maximum Gasteiger partial charge on any atom is 0.248 e. The van der Waals surface area contributed by atoms with E-state index >= 15 is 0 Å². The van der Waals surface area contributed by atoms with Gasteiger partial charge in [0.15, 0.2) is 0 Å². The average Bonchev–Trinajstić information content (AvgIpc) is 2.60. The first-order valence-electron chi connectivity index (χ1n) is 5.30. The van der Waals surface area contributed by atoms with Crippen LogP contribution in [0.15, 0.2) is 33.8 Å². The third-order valence-corrected chi connectivity index (χ3v) is 3.03. The predicted molar refractivity (Wildman–Crippen MR) is 67.0 cm³/mol. The van der Waals surface area contributed by atoms with Crippen LogP contribution in [0.4, 0.5) is 0 Å². The zero-order chi connectivity index (χ0) is 11.5. The molecule has 0 spiro atoms. The van der Waals surface area contributed by atoms with Gasteiger partial charge in [-0.25, -0.2) is 5.01 Å². The van der Waals surface area contributed by atoms with Crippen LogP contribution in [-0.4, -0.2) is 16.6 Å². The van der Waals surface area contributed by atoms with Crippen LogP contribution in [0.5, 0.6) is 0 Å². The zero-order valence-electron chi connectivity index (χ0n) is 9.11. The fourth-order valence-corrected chi connectivity index (χ4v) is 2.10. The molecule has 1 heterocycles. The highest BCUT2D eigenvalue weighted by molar-refractivity contribution is 9.10. The molecule has 16 heavy (non-hydrogen) atoms. The largest absolute Gasteiger partial charge is 0.273 e. The summed E-state index contributed by atoms with van der Waals surface area (Å²) in [5.41, 5.74) is 2.06. The molecule has 0 bridgehead atoms. The number of hydrogen-bond donors (Lipinski definition) is 0. The lowest BCUT2D eigenvalue weighted by atomic mass is 10.2. The summed E-state index contributed by atoms with van der Waals surface area (Å²) >= 11 is 3.41. The van der Waals surface area contributed by atoms with Gasteiger partial charge in [0.1, 0.15) is 0 Å². The van der Waals surface area contributed by atoms with Crippen LogP contribution in [0, 0.1) is 0 Å². The predicted octanol–water partition coefficient (Wildman–Crippen LogP) is 2.95. The van der Waals surface area contributed by atoms with Gasteiger partial charge in [-0.1, -0.05) is 35.0 Å². The van der Waals surface area contributed by atoms with Gasteiger partial charge in [0.25, 0.3) is 0 Å². The van der Waals surface area contributed by atoms with E-state index in [1.54, 1.807) is 5.01 Å². The maximum atomic E-state index is 11.6. The molecule has 0 unspecified atom stereocenters. The van der Waals surface area contributed by atoms with E-state index in [0.717, 1.165) is 22.2 Å². The van der Waals surface area contributed by atoms with Gasteiger partial charge in [-0.3, -0.25) is 4.79 Å². The molecule has 3 nitrogen and oxygen atoms in total. The molecule has 0 aliphatic carbocycles. The molecule has 84 valence electrons. The topological polar surface area (TPSA) is 32.7 Å². The van der Waals surface area contributed by atoms with Crippen molar-refractivity contribution in [3.8, 4) is 0 Å². The van der Waals surface area contributed by atoms with Gasteiger partial charge in [-0.2, -0.15) is 5.10 Å². The number of hydrazone groups is 1. The molecule has 0 saturated carbocycles. The molecule has 4 heteroatoms. The van der Waals surface area contributed by atoms with Crippen molar-refractivity contribution in [3.63, 3.8) is 0 Å². The highest BCUT2D eigenvalue weighted by Gasteiger charge is 2.22. The van der Waals surface area contributed by atoms with Crippen LogP contribution in [0.2, 0.25) is 0 Å². The van der Waals surface area contributed by atoms with E-state index in [1.807, 2.05) is 31.2 Å². The van der Waals surface area contributed by atoms with Gasteiger partial charge in [-0.15, -0.1) is 0 Å². The second kappa shape index (κ2) is 4.78. The van der Waals surface area contributed by atoms with E-state index in [2.05, 4.69) is 21.0 Å². The summed E-state index contributed by atoms with van der Waals surface area (Å²) in [6.45, 7) is 2.58. The van der Waals surface area contributed by atoms with E-state index in [0.29, 0.717) is 13.0 Å². The molecule has 0 fully saturated rings. The van der Waals surface area contributed by atoms with Gasteiger partial charge in [0, 0.05) is 10.2 Å². The minimum absolute atomic E-state index is 0.0943. The number of nitrogens with zero attached hydrogens (tertiary/aromatic N) is 2. The third kappa shape index (κ3) is 2.50. The Hall–Kier alpha value is -1.16. The molecule has 0 atom stereocenters. The first kappa shape index (κ1) is 11.3. The number of rotatable bonds is 3. The Kier molecular flexibility index (Phi) is 3.39. The van der Waals surface area contributed by atoms with Crippen LogP contribution < -0.4 is 0 Å². The second-order valence-electron chi connectivity index (χ2n) is 3.78. The summed E-state index contributed by atoms with van der Waals surface area (Å²) < 4.78 is 1.02. The summed E-state index contributed by atoms with van der Waals surface area (Å²) in [6, 6.07) is 7.94. The van der Waals surface area contributed by atoms with E-state index in [4.69, 9.17) is 0 Å². The first-order chi connectivity index (χ1) is 7.69. The Bertz CT molecular complexity index is 442. The lowest BCUT2D eigenvalue weighted by Gasteiger charge is -2.11. The highest BCUT2D eigenvalue weighted by atomic mass is 79.9. The summed E-state index contributed by atoms with van der Waals surface area (Å²) in [6.07, 6.45) is 1.32. The van der Waals surface area contributed by atoms with Crippen molar-refractivity contribution in [1.82, 2.24) is 5.01 Å². The van der Waals surface area contributed by atoms with Crippen LogP contribution in [0.1, 0.15) is 25.3 Å². The lowest BCUT2D eigenvalue weighted by Crippen LogP contribution is -2.19. The summed E-state index contributed by atoms with van der Waals surface area (Å²) in [7, 11) is 0. The summed E-state index contributed by atoms with van der Waals surface area (Å²) in [5.74, 6) is 0.0943. The van der Waals surface area contributed by atoms with E-state index < -0.39 is 0 Å². The molecular formula is C12H13BrN2O. The maximum absolute atomic E-state index is 11.6. The van der Waals surface area contributed by atoms with Crippen molar-refractivity contribution in [3.05, 3.63) is 34.3 Å². The van der Waals surface area contributed by atoms with Gasteiger partial charge in [0.2, 0.25) is 5.91 Å². The average molecular weight is 281 g/mol. The smallest absolute Gasteiger partial charge is 0.248 e. The molecule has 1 aliphatic heterocycles. The fourth-order valence-electron chi connectivity index (χ4n) is 1.66. The van der Waals surface area contributed by atoms with Gasteiger partial charge < -0.3 is 0 Å². The highest BCUT2D eigenvalue weighted by Crippen LogP contribution is 2.17. The van der Waals surface area contributed by atoms with Crippen molar-refractivity contribution < 1.29 is 4.79 Å². The molecule has 1 aromatic rings. The van der Waals surface area contributed by atoms with E-state index in [1.165, 1.54) is 0 Å². The fraction of sp³-hybridized carbons (Fsp3) is 0.333. The molecule has 0 saturated heterocycles. The molecule has 0 radical (unpaired) electrons. The number of benzene rings is 1. The third-order valence-electron chi connectivity index (χ3n) is 2.53. The molecule has 0 N–H and O–H groups in total. The van der Waals surface area contributed by atoms with Crippen molar-refractivity contribution in [2.45, 2.75) is 26.3 Å². The minimum atomic E-state index is 0.0943. The van der Waals surface area contributed by atoms with Crippen molar-refractivity contribution in [2.24, 2.45) is 5.10 Å². The molecule has 2 rings (SSSR count). The van der Waals surface area contributed by atoms with Crippen LogP contribution >= 0.6 is 15.9 Å². The molecule has 1 aromatic carbocycles. The van der Waals surface area contributed by atoms with Crippen molar-refractivity contribution >= 4 is 27.5 Å². The van der Waals surface area contributed by atoms with Crippen LogP contribution in [0.3, 0.4) is 0 Å². The standard InChI is InChI=1S/C12H13BrN2O/c1-2-11-7-12(16)15(14-11)8-9-4-3-5-10(13)6-9/h3-6H,2,7-8H2,1H3. The number of carbonyl (C=O) groups is 1. The molecule has 0 aromatic heterocycles. The lowest BCUT2D eigenvalue weighted by molar-refractivity contribution is -0.129. The Balaban J connectivity index is 2.10. The number of halogens is 1. The van der Waals surface area contributed by atoms with Crippen LogP contribution in [-0.2, 0) is 11.3 Å². The molecular weight excluding hydrogens is 268 g/mol. The first-order valence-corrected chi connectivity index (χ1v) is 6.09.